The smallest absolute Gasteiger partial charge is 0.0637 e. The maximum absolute atomic E-state index is 4.38. The highest BCUT2D eigenvalue weighted by atomic mass is 32.2. The minimum Gasteiger partial charge on any atom is -0.259 e. The van der Waals surface area contributed by atoms with Crippen molar-refractivity contribution in [3.8, 4) is 0 Å². The standard InChI is InChI=1S/C10H15NS2/c1-3-7-13-8-9-10(12-2)5-4-6-11-9/h4-6H,3,7-8H2,1-2H3. The fourth-order valence-corrected chi connectivity index (χ4v) is 2.55. The second-order valence-electron chi connectivity index (χ2n) is 2.70. The third-order valence-corrected chi connectivity index (χ3v) is 3.64. The van der Waals surface area contributed by atoms with Crippen molar-refractivity contribution in [2.75, 3.05) is 12.0 Å². The molecule has 0 atom stereocenters. The minimum atomic E-state index is 1.05. The van der Waals surface area contributed by atoms with Crippen LogP contribution in [-0.2, 0) is 5.75 Å². The van der Waals surface area contributed by atoms with Gasteiger partial charge in [0.2, 0.25) is 0 Å². The summed E-state index contributed by atoms with van der Waals surface area (Å²) >= 11 is 3.74. The maximum Gasteiger partial charge on any atom is 0.0637 e. The third kappa shape index (κ3) is 3.61. The lowest BCUT2D eigenvalue weighted by molar-refractivity contribution is 1.07. The monoisotopic (exact) mass is 213 g/mol. The minimum absolute atomic E-state index is 1.05. The highest BCUT2D eigenvalue weighted by Crippen LogP contribution is 2.22. The number of thioether (sulfide) groups is 2. The first-order valence-electron chi connectivity index (χ1n) is 4.44. The van der Waals surface area contributed by atoms with Crippen LogP contribution in [0.4, 0.5) is 0 Å². The largest absolute Gasteiger partial charge is 0.259 e. The Labute approximate surface area is 88.7 Å². The molecule has 0 aliphatic heterocycles. The van der Waals surface area contributed by atoms with Crippen LogP contribution in [0.2, 0.25) is 0 Å². The summed E-state index contributed by atoms with van der Waals surface area (Å²) < 4.78 is 0. The van der Waals surface area contributed by atoms with E-state index in [9.17, 15) is 0 Å². The summed E-state index contributed by atoms with van der Waals surface area (Å²) in [6.07, 6.45) is 5.22. The molecule has 0 radical (unpaired) electrons. The molecular formula is C10H15NS2. The van der Waals surface area contributed by atoms with Gasteiger partial charge in [0.15, 0.2) is 0 Å². The van der Waals surface area contributed by atoms with E-state index in [0.717, 1.165) is 5.75 Å². The Bertz CT molecular complexity index is 250. The van der Waals surface area contributed by atoms with Gasteiger partial charge in [-0.25, -0.2) is 0 Å². The van der Waals surface area contributed by atoms with E-state index in [-0.39, 0.29) is 0 Å². The van der Waals surface area contributed by atoms with Gasteiger partial charge in [0.05, 0.1) is 5.69 Å². The Kier molecular flexibility index (Phi) is 5.32. The van der Waals surface area contributed by atoms with E-state index >= 15 is 0 Å². The van der Waals surface area contributed by atoms with E-state index in [1.54, 1.807) is 11.8 Å². The number of nitrogens with zero attached hydrogens (tertiary/aromatic N) is 1. The Morgan fingerprint density at radius 3 is 3.00 bits per heavy atom. The van der Waals surface area contributed by atoms with Crippen LogP contribution in [0.1, 0.15) is 19.0 Å². The molecule has 0 bridgehead atoms. The third-order valence-electron chi connectivity index (χ3n) is 1.66. The van der Waals surface area contributed by atoms with Crippen LogP contribution in [-0.4, -0.2) is 17.0 Å². The number of pyridine rings is 1. The van der Waals surface area contributed by atoms with E-state index in [4.69, 9.17) is 0 Å². The summed E-state index contributed by atoms with van der Waals surface area (Å²) in [5.41, 5.74) is 1.23. The van der Waals surface area contributed by atoms with Crippen molar-refractivity contribution in [3.05, 3.63) is 24.0 Å². The van der Waals surface area contributed by atoms with Gasteiger partial charge in [0, 0.05) is 16.8 Å². The van der Waals surface area contributed by atoms with Gasteiger partial charge in [0.1, 0.15) is 0 Å². The van der Waals surface area contributed by atoms with Crippen molar-refractivity contribution in [2.24, 2.45) is 0 Å². The molecule has 0 aliphatic carbocycles. The summed E-state index contributed by atoms with van der Waals surface area (Å²) in [6, 6.07) is 4.14. The molecule has 0 saturated carbocycles. The average Bonchev–Trinajstić information content (AvgIpc) is 2.19. The Morgan fingerprint density at radius 2 is 2.31 bits per heavy atom. The zero-order valence-corrected chi connectivity index (χ0v) is 9.75. The zero-order chi connectivity index (χ0) is 9.52. The highest BCUT2D eigenvalue weighted by Gasteiger charge is 2.00. The average molecular weight is 213 g/mol. The molecule has 13 heavy (non-hydrogen) atoms. The van der Waals surface area contributed by atoms with Gasteiger partial charge in [0.25, 0.3) is 0 Å². The van der Waals surface area contributed by atoms with Crippen LogP contribution in [0.5, 0.6) is 0 Å². The molecule has 1 nitrogen and oxygen atoms in total. The normalized spacial score (nSPS) is 10.3. The summed E-state index contributed by atoms with van der Waals surface area (Å²) in [5, 5.41) is 0. The van der Waals surface area contributed by atoms with Crippen LogP contribution in [0.3, 0.4) is 0 Å². The van der Waals surface area contributed by atoms with Crippen molar-refractivity contribution in [2.45, 2.75) is 24.0 Å². The van der Waals surface area contributed by atoms with Gasteiger partial charge in [-0.2, -0.15) is 11.8 Å². The molecule has 0 aliphatic rings. The molecule has 72 valence electrons. The molecule has 1 heterocycles. The highest BCUT2D eigenvalue weighted by molar-refractivity contribution is 7.99. The molecule has 0 amide bonds. The molecule has 0 saturated heterocycles. The quantitative estimate of drug-likeness (QED) is 0.549. The van der Waals surface area contributed by atoms with Crippen molar-refractivity contribution in [3.63, 3.8) is 0 Å². The van der Waals surface area contributed by atoms with Crippen LogP contribution < -0.4 is 0 Å². The molecule has 0 N–H and O–H groups in total. The van der Waals surface area contributed by atoms with E-state index in [2.05, 4.69) is 24.2 Å². The second kappa shape index (κ2) is 6.33. The number of hydrogen-bond donors (Lipinski definition) is 0. The Hall–Kier alpha value is -0.150. The van der Waals surface area contributed by atoms with E-state index in [0.29, 0.717) is 0 Å². The first-order valence-corrected chi connectivity index (χ1v) is 6.82. The number of hydrogen-bond acceptors (Lipinski definition) is 3. The van der Waals surface area contributed by atoms with Gasteiger partial charge < -0.3 is 0 Å². The molecule has 0 fully saturated rings. The first kappa shape index (κ1) is 10.9. The first-order chi connectivity index (χ1) is 6.38. The van der Waals surface area contributed by atoms with Crippen LogP contribution in [0, 0.1) is 0 Å². The maximum atomic E-state index is 4.38. The Morgan fingerprint density at radius 1 is 1.46 bits per heavy atom. The molecule has 0 aromatic carbocycles. The van der Waals surface area contributed by atoms with E-state index in [1.807, 2.05) is 24.0 Å². The lowest BCUT2D eigenvalue weighted by Crippen LogP contribution is -1.90. The van der Waals surface area contributed by atoms with Gasteiger partial charge in [-0.15, -0.1) is 11.8 Å². The van der Waals surface area contributed by atoms with Gasteiger partial charge in [-0.3, -0.25) is 4.98 Å². The van der Waals surface area contributed by atoms with Crippen molar-refractivity contribution in [1.29, 1.82) is 0 Å². The molecule has 3 heteroatoms. The van der Waals surface area contributed by atoms with Crippen molar-refractivity contribution < 1.29 is 0 Å². The number of aromatic nitrogens is 1. The predicted molar refractivity (Wildman–Crippen MR) is 62.5 cm³/mol. The SMILES string of the molecule is CCCSCc1ncccc1SC. The fourth-order valence-electron chi connectivity index (χ4n) is 1.03. The van der Waals surface area contributed by atoms with Crippen molar-refractivity contribution in [1.82, 2.24) is 4.98 Å². The predicted octanol–water partition coefficient (Wildman–Crippen LogP) is 3.45. The van der Waals surface area contributed by atoms with Gasteiger partial charge in [-0.05, 0) is 30.6 Å². The molecule has 1 rings (SSSR count). The molecule has 0 unspecified atom stereocenters. The summed E-state index contributed by atoms with van der Waals surface area (Å²) in [7, 11) is 0. The topological polar surface area (TPSA) is 12.9 Å². The number of rotatable bonds is 5. The summed E-state index contributed by atoms with van der Waals surface area (Å²) in [5.74, 6) is 2.27. The van der Waals surface area contributed by atoms with E-state index < -0.39 is 0 Å². The lowest BCUT2D eigenvalue weighted by atomic mass is 10.4. The van der Waals surface area contributed by atoms with Gasteiger partial charge >= 0.3 is 0 Å². The zero-order valence-electron chi connectivity index (χ0n) is 8.12. The second-order valence-corrected chi connectivity index (χ2v) is 4.66. The van der Waals surface area contributed by atoms with Crippen molar-refractivity contribution >= 4 is 23.5 Å². The summed E-state index contributed by atoms with van der Waals surface area (Å²) in [4.78, 5) is 5.69. The van der Waals surface area contributed by atoms with E-state index in [1.165, 1.54) is 22.8 Å². The van der Waals surface area contributed by atoms with Gasteiger partial charge in [-0.1, -0.05) is 6.92 Å². The molecule has 0 spiro atoms. The van der Waals surface area contributed by atoms with Crippen LogP contribution >= 0.6 is 23.5 Å². The lowest BCUT2D eigenvalue weighted by Gasteiger charge is -2.04. The Balaban J connectivity index is 2.54. The molecule has 1 aromatic heterocycles. The molecular weight excluding hydrogens is 198 g/mol. The fraction of sp³-hybridized carbons (Fsp3) is 0.500. The summed E-state index contributed by atoms with van der Waals surface area (Å²) in [6.45, 7) is 2.21. The molecule has 1 aromatic rings. The van der Waals surface area contributed by atoms with Crippen LogP contribution in [0.25, 0.3) is 0 Å². The van der Waals surface area contributed by atoms with Crippen LogP contribution in [0.15, 0.2) is 23.2 Å².